The molecule has 2 aromatic rings. The first-order valence-electron chi connectivity index (χ1n) is 17.1. The Labute approximate surface area is 306 Å². The van der Waals surface area contributed by atoms with E-state index in [1.807, 2.05) is 0 Å². The Balaban J connectivity index is 1.95. The van der Waals surface area contributed by atoms with Crippen molar-refractivity contribution in [3.05, 3.63) is 52.8 Å². The Morgan fingerprint density at radius 2 is 1.62 bits per heavy atom. The molecule has 3 aliphatic heterocycles. The highest BCUT2D eigenvalue weighted by atomic mass is 16.7. The zero-order chi connectivity index (χ0) is 39.7. The van der Waals surface area contributed by atoms with Crippen LogP contribution in [0.3, 0.4) is 0 Å². The zero-order valence-electron chi connectivity index (χ0n) is 31.1. The summed E-state index contributed by atoms with van der Waals surface area (Å²) < 4.78 is 23.2. The van der Waals surface area contributed by atoms with E-state index in [2.05, 4.69) is 10.5 Å². The van der Waals surface area contributed by atoms with Gasteiger partial charge < -0.3 is 55.0 Å². The summed E-state index contributed by atoms with van der Waals surface area (Å²) in [7, 11) is 1.41. The molecular formula is C38H48N2O13. The van der Waals surface area contributed by atoms with E-state index < -0.39 is 105 Å². The van der Waals surface area contributed by atoms with Crippen molar-refractivity contribution in [2.75, 3.05) is 12.4 Å². The van der Waals surface area contributed by atoms with Crippen molar-refractivity contribution >= 4 is 40.3 Å². The average Bonchev–Trinajstić information content (AvgIpc) is 3.38. The van der Waals surface area contributed by atoms with Crippen LogP contribution in [0.15, 0.2) is 41.3 Å². The fraction of sp³-hybridized carbons (Fsp3) is 0.474. The number of anilines is 1. The van der Waals surface area contributed by atoms with E-state index in [0.717, 1.165) is 12.5 Å². The number of carbonyl (C=O) groups is 3. The molecule has 2 aromatic carbocycles. The predicted molar refractivity (Wildman–Crippen MR) is 193 cm³/mol. The lowest BCUT2D eigenvalue weighted by molar-refractivity contribution is -0.160. The second-order valence-electron chi connectivity index (χ2n) is 13.9. The van der Waals surface area contributed by atoms with Gasteiger partial charge in [-0.05, 0) is 19.9 Å². The monoisotopic (exact) mass is 740 g/mol. The molecule has 1 amide bonds. The van der Waals surface area contributed by atoms with Crippen LogP contribution in [0, 0.1) is 30.6 Å². The third kappa shape index (κ3) is 7.54. The molecular weight excluding hydrogens is 692 g/mol. The maximum Gasteiger partial charge on any atom is 0.312 e. The Morgan fingerprint density at radius 1 is 0.962 bits per heavy atom. The summed E-state index contributed by atoms with van der Waals surface area (Å²) in [5.74, 6) is -9.00. The van der Waals surface area contributed by atoms with Crippen molar-refractivity contribution in [1.29, 1.82) is 0 Å². The summed E-state index contributed by atoms with van der Waals surface area (Å²) in [4.78, 5) is 39.7. The molecule has 3 aliphatic rings. The van der Waals surface area contributed by atoms with E-state index >= 15 is 0 Å². The van der Waals surface area contributed by atoms with E-state index in [1.165, 1.54) is 53.0 Å². The second kappa shape index (κ2) is 15.9. The van der Waals surface area contributed by atoms with E-state index in [1.54, 1.807) is 33.8 Å². The van der Waals surface area contributed by atoms with E-state index in [-0.39, 0.29) is 27.8 Å². The minimum absolute atomic E-state index is 0.00476. The quantitative estimate of drug-likeness (QED) is 0.0572. The van der Waals surface area contributed by atoms with Crippen LogP contribution in [0.4, 0.5) is 5.69 Å². The molecule has 0 radical (unpaired) electrons. The minimum atomic E-state index is -2.07. The number of aliphatic hydroxyl groups is 2. The summed E-state index contributed by atoms with van der Waals surface area (Å²) in [6, 6.07) is 0. The van der Waals surface area contributed by atoms with Gasteiger partial charge in [0.15, 0.2) is 5.75 Å². The Bertz CT molecular complexity index is 1900. The number of benzene rings is 2. The highest BCUT2D eigenvalue weighted by molar-refractivity contribution is 6.23. The first-order valence-corrected chi connectivity index (χ1v) is 17.1. The number of hydrogen-bond acceptors (Lipinski definition) is 14. The molecule has 3 heterocycles. The number of aromatic hydroxyl groups is 3. The number of amides is 1. The normalized spacial score (nSPS) is 31.2. The molecule has 9 atom stereocenters. The molecule has 0 spiro atoms. The molecule has 0 aliphatic carbocycles. The molecule has 15 heteroatoms. The zero-order valence-corrected chi connectivity index (χ0v) is 31.1. The standard InChI is InChI=1S/C38H48N2O13/c1-16-11-10-12-17(2)37(48)40-28-23(15-39-49)32(45)25-26(33(28)46)31(44)21(6)35-27(25)36(47)38(8,53-35)51-14-13-24(50-9)18(3)34(52-22(7)41)20(5)30(43)19(4)29(16)42/h10-16,18-20,24,29-30,34,42-46,49H,1-9H3,(H,40,48)/b11-10+,14-13+,17-12?,39-15+. The van der Waals surface area contributed by atoms with Crippen molar-refractivity contribution in [2.24, 2.45) is 28.8 Å². The van der Waals surface area contributed by atoms with Gasteiger partial charge in [-0.15, -0.1) is 0 Å². The van der Waals surface area contributed by atoms with Gasteiger partial charge in [0.05, 0.1) is 53.0 Å². The first kappa shape index (κ1) is 40.6. The van der Waals surface area contributed by atoms with Crippen LogP contribution in [-0.4, -0.2) is 91.9 Å². The van der Waals surface area contributed by atoms with Gasteiger partial charge in [0.2, 0.25) is 0 Å². The van der Waals surface area contributed by atoms with E-state index in [9.17, 15) is 45.1 Å². The van der Waals surface area contributed by atoms with Gasteiger partial charge >= 0.3 is 11.8 Å². The van der Waals surface area contributed by atoms with Crippen molar-refractivity contribution in [3.63, 3.8) is 0 Å². The summed E-state index contributed by atoms with van der Waals surface area (Å²) in [5, 5.41) is 71.2. The molecule has 5 bridgehead atoms. The molecule has 9 unspecified atom stereocenters. The molecule has 53 heavy (non-hydrogen) atoms. The second-order valence-corrected chi connectivity index (χ2v) is 13.9. The number of Topliss-reactive ketones (excluding diaryl/α,β-unsaturated/α-hetero) is 1. The third-order valence-electron chi connectivity index (χ3n) is 10.2. The van der Waals surface area contributed by atoms with Gasteiger partial charge in [0.25, 0.3) is 11.7 Å². The Morgan fingerprint density at radius 3 is 2.23 bits per heavy atom. The average molecular weight is 741 g/mol. The number of phenolic OH excluding ortho intramolecular Hbond substituents is 3. The Hall–Kier alpha value is -5.12. The molecule has 0 saturated carbocycles. The van der Waals surface area contributed by atoms with E-state index in [0.29, 0.717) is 0 Å². The largest absolute Gasteiger partial charge is 0.507 e. The maximum atomic E-state index is 14.1. The number of ether oxygens (including phenoxy) is 4. The number of allylic oxidation sites excluding steroid dienone is 2. The van der Waals surface area contributed by atoms with Crippen LogP contribution >= 0.6 is 0 Å². The molecule has 7 N–H and O–H groups in total. The minimum Gasteiger partial charge on any atom is -0.507 e. The summed E-state index contributed by atoms with van der Waals surface area (Å²) in [5.41, 5.74) is -0.978. The van der Waals surface area contributed by atoms with Gasteiger partial charge in [0, 0.05) is 61.2 Å². The lowest BCUT2D eigenvalue weighted by atomic mass is 9.78. The highest BCUT2D eigenvalue weighted by Gasteiger charge is 2.50. The number of methoxy groups -OCH3 is 1. The smallest absolute Gasteiger partial charge is 0.312 e. The number of esters is 1. The summed E-state index contributed by atoms with van der Waals surface area (Å²) in [6.45, 7) is 12.2. The molecule has 5 rings (SSSR count). The summed E-state index contributed by atoms with van der Waals surface area (Å²) in [6.07, 6.45) is 4.01. The lowest BCUT2D eigenvalue weighted by Crippen LogP contribution is -2.46. The number of nitrogens with zero attached hydrogens (tertiary/aromatic N) is 1. The molecule has 0 fully saturated rings. The fourth-order valence-electron chi connectivity index (χ4n) is 6.93. The number of oxime groups is 1. The fourth-order valence-corrected chi connectivity index (χ4v) is 6.93. The predicted octanol–water partition coefficient (Wildman–Crippen LogP) is 4.56. The van der Waals surface area contributed by atoms with Gasteiger partial charge in [-0.2, -0.15) is 0 Å². The molecule has 15 nitrogen and oxygen atoms in total. The van der Waals surface area contributed by atoms with Crippen LogP contribution in [0.5, 0.6) is 23.0 Å². The number of hydrogen-bond donors (Lipinski definition) is 7. The number of rotatable bonds is 3. The number of carbonyl (C=O) groups excluding carboxylic acids is 3. The number of phenols is 3. The summed E-state index contributed by atoms with van der Waals surface area (Å²) >= 11 is 0. The maximum absolute atomic E-state index is 14.1. The number of nitrogens with one attached hydrogen (secondary N) is 1. The molecule has 0 saturated heterocycles. The van der Waals surface area contributed by atoms with Crippen molar-refractivity contribution < 1.29 is 64.1 Å². The SMILES string of the molecule is COC1/C=C/OC2(C)Oc3c(C)c(O)c4c(O)c(c(/C=N/O)c(O)c4c3C2=O)NC(=O)C(C)=C/C=C/C(C)C(O)C(C)C(O)C(C)C(OC(C)=O)C1C. The Kier molecular flexibility index (Phi) is 12.2. The van der Waals surface area contributed by atoms with Gasteiger partial charge in [-0.1, -0.05) is 51.1 Å². The lowest BCUT2D eigenvalue weighted by Gasteiger charge is -2.38. The molecule has 0 aromatic heterocycles. The van der Waals surface area contributed by atoms with E-state index in [4.69, 9.17) is 18.9 Å². The first-order chi connectivity index (χ1) is 24.8. The third-order valence-corrected chi connectivity index (χ3v) is 10.2. The van der Waals surface area contributed by atoms with Gasteiger partial charge in [-0.3, -0.25) is 14.4 Å². The molecule has 288 valence electrons. The van der Waals surface area contributed by atoms with Crippen LogP contribution < -0.4 is 10.1 Å². The number of aliphatic hydroxyl groups excluding tert-OH is 2. The topological polar surface area (TPSA) is 234 Å². The van der Waals surface area contributed by atoms with Crippen LogP contribution in [0.1, 0.15) is 70.0 Å². The van der Waals surface area contributed by atoms with Crippen molar-refractivity contribution in [2.45, 2.75) is 85.6 Å². The van der Waals surface area contributed by atoms with Gasteiger partial charge in [-0.25, -0.2) is 0 Å². The number of ketones is 1. The van der Waals surface area contributed by atoms with Gasteiger partial charge in [0.1, 0.15) is 23.4 Å². The highest BCUT2D eigenvalue weighted by Crippen LogP contribution is 2.55. The van der Waals surface area contributed by atoms with Crippen LogP contribution in [0.25, 0.3) is 10.8 Å². The van der Waals surface area contributed by atoms with Crippen LogP contribution in [-0.2, 0) is 23.8 Å². The van der Waals surface area contributed by atoms with Crippen LogP contribution in [0.2, 0.25) is 0 Å². The number of fused-ring (bicyclic) bond motifs is 14. The van der Waals surface area contributed by atoms with Crippen molar-refractivity contribution in [3.8, 4) is 23.0 Å². The van der Waals surface area contributed by atoms with Crippen molar-refractivity contribution in [1.82, 2.24) is 0 Å².